The van der Waals surface area contributed by atoms with Gasteiger partial charge in [-0.25, -0.2) is 0 Å². The molecule has 7 heteroatoms. The molecule has 4 heterocycles. The standard InChI is InChI=1S/C19H18Cl2N4O/c20-14-5-4-13-17(11-8-22-23-9-11)15-6-3-12(24-7-1-2-16(24)26)10-25(15)19(13)18(14)21/h4-5,8-9,12H,1-3,6-7,10H2,(H,22,23). The Morgan fingerprint density at radius 2 is 2.12 bits per heavy atom. The van der Waals surface area contributed by atoms with Crippen molar-refractivity contribution in [2.45, 2.75) is 38.3 Å². The van der Waals surface area contributed by atoms with Crippen LogP contribution in [0, 0.1) is 0 Å². The third-order valence-corrected chi connectivity index (χ3v) is 6.46. The molecule has 1 saturated heterocycles. The van der Waals surface area contributed by atoms with Crippen LogP contribution in [-0.4, -0.2) is 38.2 Å². The van der Waals surface area contributed by atoms with Crippen molar-refractivity contribution in [2.24, 2.45) is 0 Å². The van der Waals surface area contributed by atoms with E-state index in [2.05, 4.69) is 14.8 Å². The fourth-order valence-electron chi connectivity index (χ4n) is 4.52. The maximum absolute atomic E-state index is 12.2. The third kappa shape index (κ3) is 2.30. The van der Waals surface area contributed by atoms with Crippen molar-refractivity contribution < 1.29 is 4.79 Å². The van der Waals surface area contributed by atoms with Crippen LogP contribution in [0.2, 0.25) is 10.0 Å². The molecule has 0 spiro atoms. The van der Waals surface area contributed by atoms with Crippen LogP contribution in [0.25, 0.3) is 22.0 Å². The molecule has 2 aromatic heterocycles. The number of aromatic amines is 1. The first kappa shape index (κ1) is 16.2. The number of hydrogen-bond acceptors (Lipinski definition) is 2. The molecule has 134 valence electrons. The first-order valence-electron chi connectivity index (χ1n) is 8.93. The minimum Gasteiger partial charge on any atom is -0.341 e. The Kier molecular flexibility index (Phi) is 3.76. The van der Waals surface area contributed by atoms with Crippen molar-refractivity contribution >= 4 is 40.0 Å². The Morgan fingerprint density at radius 3 is 2.85 bits per heavy atom. The van der Waals surface area contributed by atoms with Gasteiger partial charge in [0.1, 0.15) is 0 Å². The van der Waals surface area contributed by atoms with Gasteiger partial charge >= 0.3 is 0 Å². The Balaban J connectivity index is 1.70. The summed E-state index contributed by atoms with van der Waals surface area (Å²) in [5.41, 5.74) is 4.42. The van der Waals surface area contributed by atoms with Crippen LogP contribution in [0.4, 0.5) is 0 Å². The fourth-order valence-corrected chi connectivity index (χ4v) is 4.94. The summed E-state index contributed by atoms with van der Waals surface area (Å²) in [6.07, 6.45) is 7.25. The predicted octanol–water partition coefficient (Wildman–Crippen LogP) is 4.28. The highest BCUT2D eigenvalue weighted by Gasteiger charge is 2.33. The summed E-state index contributed by atoms with van der Waals surface area (Å²) in [7, 11) is 0. The Bertz CT molecular complexity index is 1010. The normalized spacial score (nSPS) is 20.2. The van der Waals surface area contributed by atoms with E-state index >= 15 is 0 Å². The number of benzene rings is 1. The second-order valence-corrected chi connectivity index (χ2v) is 7.85. The summed E-state index contributed by atoms with van der Waals surface area (Å²) in [6, 6.07) is 4.11. The highest BCUT2D eigenvalue weighted by atomic mass is 35.5. The van der Waals surface area contributed by atoms with E-state index in [-0.39, 0.29) is 11.9 Å². The van der Waals surface area contributed by atoms with Crippen molar-refractivity contribution in [1.82, 2.24) is 19.7 Å². The molecule has 0 bridgehead atoms. The number of rotatable bonds is 2. The molecule has 26 heavy (non-hydrogen) atoms. The van der Waals surface area contributed by atoms with Gasteiger partial charge in [-0.15, -0.1) is 0 Å². The monoisotopic (exact) mass is 388 g/mol. The molecule has 5 rings (SSSR count). The molecule has 0 aliphatic carbocycles. The molecule has 1 atom stereocenters. The van der Waals surface area contributed by atoms with Crippen LogP contribution in [0.3, 0.4) is 0 Å². The van der Waals surface area contributed by atoms with Gasteiger partial charge in [-0.2, -0.15) is 5.10 Å². The number of likely N-dealkylation sites (tertiary alicyclic amines) is 1. The lowest BCUT2D eigenvalue weighted by atomic mass is 9.98. The second kappa shape index (κ2) is 6.03. The number of amides is 1. The lowest BCUT2D eigenvalue weighted by molar-refractivity contribution is -0.130. The molecular weight excluding hydrogens is 371 g/mol. The van der Waals surface area contributed by atoms with Crippen LogP contribution >= 0.6 is 23.2 Å². The fraction of sp³-hybridized carbons (Fsp3) is 0.368. The maximum atomic E-state index is 12.2. The zero-order valence-corrected chi connectivity index (χ0v) is 15.6. The molecule has 0 radical (unpaired) electrons. The number of nitrogens with one attached hydrogen (secondary N) is 1. The van der Waals surface area contributed by atoms with Gasteiger partial charge in [-0.05, 0) is 25.3 Å². The molecule has 3 aromatic rings. The Morgan fingerprint density at radius 1 is 1.23 bits per heavy atom. The van der Waals surface area contributed by atoms with Crippen LogP contribution in [-0.2, 0) is 17.8 Å². The zero-order chi connectivity index (χ0) is 17.8. The van der Waals surface area contributed by atoms with Crippen molar-refractivity contribution in [3.8, 4) is 11.1 Å². The minimum atomic E-state index is 0.223. The summed E-state index contributed by atoms with van der Waals surface area (Å²) in [4.78, 5) is 14.3. The molecule has 5 nitrogen and oxygen atoms in total. The van der Waals surface area contributed by atoms with Gasteiger partial charge in [0.15, 0.2) is 0 Å². The number of H-pyrrole nitrogens is 1. The van der Waals surface area contributed by atoms with E-state index in [1.807, 2.05) is 29.4 Å². The average molecular weight is 389 g/mol. The molecule has 2 aliphatic rings. The summed E-state index contributed by atoms with van der Waals surface area (Å²) >= 11 is 12.9. The summed E-state index contributed by atoms with van der Waals surface area (Å²) in [6.45, 7) is 1.62. The first-order valence-corrected chi connectivity index (χ1v) is 9.68. The van der Waals surface area contributed by atoms with Gasteiger partial charge in [-0.1, -0.05) is 29.3 Å². The Hall–Kier alpha value is -1.98. The van der Waals surface area contributed by atoms with Crippen LogP contribution in [0.5, 0.6) is 0 Å². The van der Waals surface area contributed by atoms with Gasteiger partial charge in [0.25, 0.3) is 0 Å². The second-order valence-electron chi connectivity index (χ2n) is 7.06. The largest absolute Gasteiger partial charge is 0.341 e. The lowest BCUT2D eigenvalue weighted by Gasteiger charge is -2.33. The van der Waals surface area contributed by atoms with Gasteiger partial charge in [-0.3, -0.25) is 9.89 Å². The van der Waals surface area contributed by atoms with E-state index < -0.39 is 0 Å². The number of nitrogens with zero attached hydrogens (tertiary/aromatic N) is 3. The highest BCUT2D eigenvalue weighted by molar-refractivity contribution is 6.45. The SMILES string of the molecule is O=C1CCCN1C1CCc2c(-c3cn[nH]c3)c3ccc(Cl)c(Cl)c3n2C1. The van der Waals surface area contributed by atoms with Crippen molar-refractivity contribution in [2.75, 3.05) is 6.54 Å². The van der Waals surface area contributed by atoms with Gasteiger partial charge in [0, 0.05) is 54.0 Å². The van der Waals surface area contributed by atoms with Crippen LogP contribution in [0.15, 0.2) is 24.5 Å². The molecule has 0 saturated carbocycles. The smallest absolute Gasteiger partial charge is 0.222 e. The molecular formula is C19H18Cl2N4O. The number of aromatic nitrogens is 3. The molecule has 2 aliphatic heterocycles. The zero-order valence-electron chi connectivity index (χ0n) is 14.1. The molecule has 1 aromatic carbocycles. The van der Waals surface area contributed by atoms with Gasteiger partial charge < -0.3 is 9.47 Å². The summed E-state index contributed by atoms with van der Waals surface area (Å²) in [5, 5.41) is 9.24. The molecule has 1 fully saturated rings. The maximum Gasteiger partial charge on any atom is 0.222 e. The van der Waals surface area contributed by atoms with Crippen molar-refractivity contribution in [3.05, 3.63) is 40.3 Å². The van der Waals surface area contributed by atoms with E-state index in [1.165, 1.54) is 11.3 Å². The third-order valence-electron chi connectivity index (χ3n) is 5.67. The number of hydrogen-bond donors (Lipinski definition) is 1. The highest BCUT2D eigenvalue weighted by Crippen LogP contribution is 2.43. The Labute approximate surface area is 160 Å². The van der Waals surface area contributed by atoms with E-state index in [1.54, 1.807) is 0 Å². The van der Waals surface area contributed by atoms with Crippen LogP contribution < -0.4 is 0 Å². The van der Waals surface area contributed by atoms with Gasteiger partial charge in [0.2, 0.25) is 5.91 Å². The van der Waals surface area contributed by atoms with E-state index in [9.17, 15) is 4.79 Å². The quantitative estimate of drug-likeness (QED) is 0.712. The number of fused-ring (bicyclic) bond motifs is 3. The number of carbonyl (C=O) groups is 1. The molecule has 1 N–H and O–H groups in total. The van der Waals surface area contributed by atoms with E-state index in [0.717, 1.165) is 48.8 Å². The summed E-state index contributed by atoms with van der Waals surface area (Å²) < 4.78 is 2.27. The molecule has 1 unspecified atom stereocenters. The molecule has 1 amide bonds. The lowest BCUT2D eigenvalue weighted by Crippen LogP contribution is -2.42. The van der Waals surface area contributed by atoms with Crippen molar-refractivity contribution in [3.63, 3.8) is 0 Å². The minimum absolute atomic E-state index is 0.223. The topological polar surface area (TPSA) is 53.9 Å². The van der Waals surface area contributed by atoms with E-state index in [4.69, 9.17) is 23.2 Å². The number of halogens is 2. The van der Waals surface area contributed by atoms with Gasteiger partial charge in [0.05, 0.1) is 21.8 Å². The van der Waals surface area contributed by atoms with E-state index in [0.29, 0.717) is 16.5 Å². The van der Waals surface area contributed by atoms with Crippen molar-refractivity contribution in [1.29, 1.82) is 0 Å². The number of carbonyl (C=O) groups excluding carboxylic acids is 1. The first-order chi connectivity index (χ1) is 12.6. The summed E-state index contributed by atoms with van der Waals surface area (Å²) in [5.74, 6) is 0.272. The predicted molar refractivity (Wildman–Crippen MR) is 103 cm³/mol. The average Bonchev–Trinajstić information content (AvgIpc) is 3.35. The van der Waals surface area contributed by atoms with Crippen LogP contribution in [0.1, 0.15) is 25.0 Å².